The normalized spacial score (nSPS) is 11.4. The standard InChI is InChI=1S/C10H12BF3O3/c12-10(13,14)6-3-7-17-9-5-2-1-4-8(9)11(15)16/h1-2,4-5,15-16H,3,6-7H2. The van der Waals surface area contributed by atoms with Crippen molar-refractivity contribution in [1.29, 1.82) is 0 Å². The molecule has 0 aliphatic rings. The number of alkyl halides is 3. The first kappa shape index (κ1) is 13.9. The van der Waals surface area contributed by atoms with Crippen molar-refractivity contribution < 1.29 is 28.0 Å². The second-order valence-corrected chi connectivity index (χ2v) is 3.48. The van der Waals surface area contributed by atoms with Gasteiger partial charge in [0.2, 0.25) is 0 Å². The molecule has 94 valence electrons. The Morgan fingerprint density at radius 2 is 1.82 bits per heavy atom. The Morgan fingerprint density at radius 3 is 2.41 bits per heavy atom. The van der Waals surface area contributed by atoms with E-state index >= 15 is 0 Å². The zero-order chi connectivity index (χ0) is 12.9. The van der Waals surface area contributed by atoms with Crippen molar-refractivity contribution in [3.05, 3.63) is 24.3 Å². The highest BCUT2D eigenvalue weighted by Gasteiger charge is 2.26. The fraction of sp³-hybridized carbons (Fsp3) is 0.400. The molecule has 0 aliphatic heterocycles. The van der Waals surface area contributed by atoms with Gasteiger partial charge in [-0.3, -0.25) is 0 Å². The molecule has 0 fully saturated rings. The Morgan fingerprint density at radius 1 is 1.18 bits per heavy atom. The Bertz CT molecular complexity index is 355. The molecule has 1 aromatic rings. The van der Waals surface area contributed by atoms with E-state index in [2.05, 4.69) is 0 Å². The topological polar surface area (TPSA) is 49.7 Å². The lowest BCUT2D eigenvalue weighted by Gasteiger charge is -2.11. The van der Waals surface area contributed by atoms with Gasteiger partial charge in [-0.2, -0.15) is 13.2 Å². The largest absolute Gasteiger partial charge is 0.494 e. The fourth-order valence-electron chi connectivity index (χ4n) is 1.28. The predicted octanol–water partition coefficient (Wildman–Crippen LogP) is 1.09. The van der Waals surface area contributed by atoms with Gasteiger partial charge in [-0.25, -0.2) is 0 Å². The fourth-order valence-corrected chi connectivity index (χ4v) is 1.28. The highest BCUT2D eigenvalue weighted by molar-refractivity contribution is 6.59. The third-order valence-electron chi connectivity index (χ3n) is 2.06. The minimum atomic E-state index is -4.20. The van der Waals surface area contributed by atoms with Crippen molar-refractivity contribution in [3.8, 4) is 5.75 Å². The molecule has 7 heteroatoms. The molecule has 0 aromatic heterocycles. The van der Waals surface area contributed by atoms with Crippen LogP contribution in [0.1, 0.15) is 12.8 Å². The van der Waals surface area contributed by atoms with Crippen LogP contribution < -0.4 is 10.2 Å². The molecule has 1 aromatic carbocycles. The predicted molar refractivity (Wildman–Crippen MR) is 57.1 cm³/mol. The van der Waals surface area contributed by atoms with Gasteiger partial charge in [-0.05, 0) is 12.5 Å². The van der Waals surface area contributed by atoms with Crippen LogP contribution in [0, 0.1) is 0 Å². The van der Waals surface area contributed by atoms with E-state index in [0.29, 0.717) is 0 Å². The Kier molecular flexibility index (Phi) is 4.83. The Balaban J connectivity index is 2.47. The second kappa shape index (κ2) is 5.93. The summed E-state index contributed by atoms with van der Waals surface area (Å²) < 4.78 is 40.6. The molecule has 0 amide bonds. The molecule has 1 rings (SSSR count). The van der Waals surface area contributed by atoms with Gasteiger partial charge in [0, 0.05) is 11.9 Å². The first-order valence-electron chi connectivity index (χ1n) is 5.05. The van der Waals surface area contributed by atoms with Gasteiger partial charge < -0.3 is 14.8 Å². The Labute approximate surface area is 97.0 Å². The average molecular weight is 248 g/mol. The summed E-state index contributed by atoms with van der Waals surface area (Å²) in [4.78, 5) is 0. The maximum Gasteiger partial charge on any atom is 0.492 e. The smallest absolute Gasteiger partial charge is 0.492 e. The number of hydrogen-bond donors (Lipinski definition) is 2. The highest BCUT2D eigenvalue weighted by Crippen LogP contribution is 2.21. The zero-order valence-electron chi connectivity index (χ0n) is 8.94. The summed E-state index contributed by atoms with van der Waals surface area (Å²) in [7, 11) is -1.70. The molecule has 2 N–H and O–H groups in total. The molecule has 0 saturated carbocycles. The summed E-state index contributed by atoms with van der Waals surface area (Å²) in [5.41, 5.74) is 0.138. The van der Waals surface area contributed by atoms with Crippen molar-refractivity contribution in [2.24, 2.45) is 0 Å². The van der Waals surface area contributed by atoms with Crippen LogP contribution in [-0.4, -0.2) is 29.9 Å². The summed E-state index contributed by atoms with van der Waals surface area (Å²) in [6, 6.07) is 6.09. The number of ether oxygens (including phenoxy) is 1. The van der Waals surface area contributed by atoms with Crippen LogP contribution in [0.5, 0.6) is 5.75 Å². The lowest BCUT2D eigenvalue weighted by Crippen LogP contribution is -2.31. The van der Waals surface area contributed by atoms with Crippen molar-refractivity contribution in [2.45, 2.75) is 19.0 Å². The molecule has 0 heterocycles. The van der Waals surface area contributed by atoms with E-state index in [9.17, 15) is 13.2 Å². The summed E-state index contributed by atoms with van der Waals surface area (Å²) in [5, 5.41) is 18.0. The third-order valence-corrected chi connectivity index (χ3v) is 2.06. The van der Waals surface area contributed by atoms with E-state index in [1.165, 1.54) is 12.1 Å². The maximum atomic E-state index is 11.9. The van der Waals surface area contributed by atoms with Crippen LogP contribution in [0.2, 0.25) is 0 Å². The summed E-state index contributed by atoms with van der Waals surface area (Å²) >= 11 is 0. The maximum absolute atomic E-state index is 11.9. The average Bonchev–Trinajstić information content (AvgIpc) is 2.23. The highest BCUT2D eigenvalue weighted by atomic mass is 19.4. The molecule has 0 aliphatic carbocycles. The minimum Gasteiger partial charge on any atom is -0.494 e. The monoisotopic (exact) mass is 248 g/mol. The molecule has 0 saturated heterocycles. The van der Waals surface area contributed by atoms with Crippen molar-refractivity contribution >= 4 is 12.6 Å². The first-order valence-corrected chi connectivity index (χ1v) is 5.05. The molecule has 0 radical (unpaired) electrons. The van der Waals surface area contributed by atoms with E-state index in [1.807, 2.05) is 0 Å². The summed E-state index contributed by atoms with van der Waals surface area (Å²) in [6.07, 6.45) is -5.28. The molecule has 0 bridgehead atoms. The van der Waals surface area contributed by atoms with E-state index in [0.717, 1.165) is 0 Å². The molecular weight excluding hydrogens is 236 g/mol. The minimum absolute atomic E-state index is 0.122. The van der Waals surface area contributed by atoms with Crippen LogP contribution in [0.3, 0.4) is 0 Å². The second-order valence-electron chi connectivity index (χ2n) is 3.48. The number of para-hydroxylation sites is 1. The van der Waals surface area contributed by atoms with Crippen molar-refractivity contribution in [3.63, 3.8) is 0 Å². The lowest BCUT2D eigenvalue weighted by molar-refractivity contribution is -0.136. The van der Waals surface area contributed by atoms with Crippen molar-refractivity contribution in [1.82, 2.24) is 0 Å². The van der Waals surface area contributed by atoms with Crippen LogP contribution in [-0.2, 0) is 0 Å². The van der Waals surface area contributed by atoms with Crippen molar-refractivity contribution in [2.75, 3.05) is 6.61 Å². The number of halogens is 3. The van der Waals surface area contributed by atoms with E-state index in [1.54, 1.807) is 12.1 Å². The molecule has 0 unspecified atom stereocenters. The first-order chi connectivity index (χ1) is 7.90. The van der Waals surface area contributed by atoms with E-state index in [4.69, 9.17) is 14.8 Å². The van der Waals surface area contributed by atoms with Crippen LogP contribution in [0.4, 0.5) is 13.2 Å². The van der Waals surface area contributed by atoms with E-state index < -0.39 is 19.7 Å². The quantitative estimate of drug-likeness (QED) is 0.605. The van der Waals surface area contributed by atoms with Gasteiger partial charge >= 0.3 is 13.3 Å². The van der Waals surface area contributed by atoms with Gasteiger partial charge in [0.25, 0.3) is 0 Å². The number of rotatable bonds is 5. The molecular formula is C10H12BF3O3. The van der Waals surface area contributed by atoms with E-state index in [-0.39, 0.29) is 24.2 Å². The molecule has 17 heavy (non-hydrogen) atoms. The zero-order valence-corrected chi connectivity index (χ0v) is 8.94. The van der Waals surface area contributed by atoms with Crippen LogP contribution in [0.25, 0.3) is 0 Å². The van der Waals surface area contributed by atoms with Gasteiger partial charge in [0.05, 0.1) is 6.61 Å². The van der Waals surface area contributed by atoms with Gasteiger partial charge in [-0.1, -0.05) is 18.2 Å². The SMILES string of the molecule is OB(O)c1ccccc1OCCCC(F)(F)F. The van der Waals surface area contributed by atoms with Gasteiger partial charge in [0.15, 0.2) is 0 Å². The van der Waals surface area contributed by atoms with Crippen LogP contribution >= 0.6 is 0 Å². The van der Waals surface area contributed by atoms with Gasteiger partial charge in [0.1, 0.15) is 5.75 Å². The summed E-state index contributed by atoms with van der Waals surface area (Å²) in [6.45, 7) is -0.122. The lowest BCUT2D eigenvalue weighted by atomic mass is 9.79. The van der Waals surface area contributed by atoms with Crippen LogP contribution in [0.15, 0.2) is 24.3 Å². The molecule has 3 nitrogen and oxygen atoms in total. The third kappa shape index (κ3) is 5.10. The number of benzene rings is 1. The molecule has 0 spiro atoms. The Hall–Kier alpha value is -1.21. The summed E-state index contributed by atoms with van der Waals surface area (Å²) in [5.74, 6) is 0.185. The van der Waals surface area contributed by atoms with Gasteiger partial charge in [-0.15, -0.1) is 0 Å². The number of hydrogen-bond acceptors (Lipinski definition) is 3. The molecule has 0 atom stereocenters.